The summed E-state index contributed by atoms with van der Waals surface area (Å²) < 4.78 is 11.5. The van der Waals surface area contributed by atoms with E-state index in [2.05, 4.69) is 39.2 Å². The van der Waals surface area contributed by atoms with Crippen LogP contribution in [0.4, 0.5) is 17.2 Å². The van der Waals surface area contributed by atoms with Crippen LogP contribution in [0.25, 0.3) is 0 Å². The molecule has 0 aliphatic carbocycles. The number of hydrazone groups is 1. The van der Waals surface area contributed by atoms with E-state index >= 15 is 0 Å². The van der Waals surface area contributed by atoms with Gasteiger partial charge in [-0.05, 0) is 30.5 Å². The van der Waals surface area contributed by atoms with Crippen molar-refractivity contribution in [2.75, 3.05) is 74.9 Å². The van der Waals surface area contributed by atoms with E-state index in [4.69, 9.17) is 15.3 Å². The zero-order valence-corrected chi connectivity index (χ0v) is 20.7. The second-order valence-electron chi connectivity index (χ2n) is 8.41. The number of hydrogen-bond acceptors (Lipinski definition) is 9. The number of hydrazine groups is 1. The van der Waals surface area contributed by atoms with E-state index in [1.807, 2.05) is 43.4 Å². The van der Waals surface area contributed by atoms with Crippen molar-refractivity contribution >= 4 is 23.4 Å². The van der Waals surface area contributed by atoms with E-state index in [0.29, 0.717) is 18.3 Å². The normalized spacial score (nSPS) is 14.4. The number of rotatable bonds is 13. The molecule has 3 rings (SSSR count). The quantitative estimate of drug-likeness (QED) is 0.263. The number of benzene rings is 1. The third kappa shape index (κ3) is 8.16. The van der Waals surface area contributed by atoms with Crippen LogP contribution in [0.2, 0.25) is 0 Å². The maximum Gasteiger partial charge on any atom is 0.217 e. The largest absolute Gasteiger partial charge is 0.476 e. The number of ether oxygens (including phenoxy) is 2. The van der Waals surface area contributed by atoms with Gasteiger partial charge in [0.25, 0.3) is 0 Å². The van der Waals surface area contributed by atoms with Crippen LogP contribution < -0.4 is 25.9 Å². The van der Waals surface area contributed by atoms with Gasteiger partial charge in [0.05, 0.1) is 25.1 Å². The number of pyridine rings is 1. The molecule has 0 unspecified atom stereocenters. The molecule has 1 aromatic carbocycles. The molecular formula is C25H39N7O2. The molecule has 9 nitrogen and oxygen atoms in total. The molecule has 0 amide bonds. The lowest BCUT2D eigenvalue weighted by molar-refractivity contribution is 0.0320. The third-order valence-electron chi connectivity index (χ3n) is 5.57. The summed E-state index contributed by atoms with van der Waals surface area (Å²) in [5, 5.41) is 5.98. The minimum absolute atomic E-state index is 0.583. The van der Waals surface area contributed by atoms with Gasteiger partial charge in [0, 0.05) is 57.6 Å². The van der Waals surface area contributed by atoms with Crippen LogP contribution in [0.3, 0.4) is 0 Å². The maximum atomic E-state index is 6.07. The second kappa shape index (κ2) is 13.7. The predicted octanol–water partition coefficient (Wildman–Crippen LogP) is 3.17. The van der Waals surface area contributed by atoms with Gasteiger partial charge in [0.2, 0.25) is 5.88 Å². The summed E-state index contributed by atoms with van der Waals surface area (Å²) in [6, 6.07) is 11.9. The first-order chi connectivity index (χ1) is 16.6. The van der Waals surface area contributed by atoms with Crippen LogP contribution in [0, 0.1) is 0 Å². The van der Waals surface area contributed by atoms with Gasteiger partial charge in [-0.2, -0.15) is 10.1 Å². The Morgan fingerprint density at radius 2 is 1.91 bits per heavy atom. The van der Waals surface area contributed by atoms with Gasteiger partial charge in [0.1, 0.15) is 6.61 Å². The number of nitrogens with one attached hydrogen (secondary N) is 1. The highest BCUT2D eigenvalue weighted by Gasteiger charge is 2.12. The zero-order valence-electron chi connectivity index (χ0n) is 20.7. The number of morpholine rings is 1. The minimum Gasteiger partial charge on any atom is -0.476 e. The number of nitrogens with two attached hydrogens (primary N) is 1. The van der Waals surface area contributed by atoms with Gasteiger partial charge in [0.15, 0.2) is 5.82 Å². The van der Waals surface area contributed by atoms with Crippen molar-refractivity contribution in [2.24, 2.45) is 10.9 Å². The van der Waals surface area contributed by atoms with E-state index in [0.717, 1.165) is 75.7 Å². The van der Waals surface area contributed by atoms with Crippen LogP contribution in [0.1, 0.15) is 32.3 Å². The maximum absolute atomic E-state index is 6.07. The topological polar surface area (TPSA) is 91.5 Å². The fourth-order valence-electron chi connectivity index (χ4n) is 3.82. The average Bonchev–Trinajstić information content (AvgIpc) is 2.85. The van der Waals surface area contributed by atoms with Crippen LogP contribution >= 0.6 is 0 Å². The van der Waals surface area contributed by atoms with Crippen molar-refractivity contribution in [3.8, 4) is 5.88 Å². The minimum atomic E-state index is 0.583. The SMILES string of the molecule is CCCN(CCC)c1cc(N/N=C/c2cccc(N(C)N)c2)nc(OCCN2CCOCC2)c1. The fraction of sp³-hybridized carbons (Fsp3) is 0.520. The third-order valence-corrected chi connectivity index (χ3v) is 5.57. The standard InChI is InChI=1S/C25H39N7O2/c1-4-9-32(10-5-2)23-18-24(29-27-20-21-7-6-8-22(17-21)30(3)26)28-25(19-23)34-16-13-31-11-14-33-15-12-31/h6-8,17-20H,4-5,9-16,26H2,1-3H3,(H,28,29)/b27-20+. The summed E-state index contributed by atoms with van der Waals surface area (Å²) in [6.07, 6.45) is 3.90. The Bertz CT molecular complexity index is 895. The van der Waals surface area contributed by atoms with Crippen molar-refractivity contribution in [3.63, 3.8) is 0 Å². The Labute approximate surface area is 203 Å². The summed E-state index contributed by atoms with van der Waals surface area (Å²) in [7, 11) is 1.81. The molecule has 186 valence electrons. The predicted molar refractivity (Wildman–Crippen MR) is 140 cm³/mol. The summed E-state index contributed by atoms with van der Waals surface area (Å²) in [4.78, 5) is 9.37. The van der Waals surface area contributed by atoms with Crippen molar-refractivity contribution in [2.45, 2.75) is 26.7 Å². The molecule has 2 aromatic rings. The zero-order chi connectivity index (χ0) is 24.2. The lowest BCUT2D eigenvalue weighted by Crippen LogP contribution is -2.38. The monoisotopic (exact) mass is 469 g/mol. The molecule has 1 saturated heterocycles. The lowest BCUT2D eigenvalue weighted by atomic mass is 10.2. The molecule has 0 spiro atoms. The highest BCUT2D eigenvalue weighted by molar-refractivity contribution is 5.82. The molecule has 3 N–H and O–H groups in total. The molecule has 1 aliphatic rings. The molecular weight excluding hydrogens is 430 g/mol. The fourth-order valence-corrected chi connectivity index (χ4v) is 3.82. The van der Waals surface area contributed by atoms with Crippen molar-refractivity contribution < 1.29 is 9.47 Å². The van der Waals surface area contributed by atoms with E-state index in [1.165, 1.54) is 0 Å². The molecule has 0 radical (unpaired) electrons. The smallest absolute Gasteiger partial charge is 0.217 e. The molecule has 1 aliphatic heterocycles. The lowest BCUT2D eigenvalue weighted by Gasteiger charge is -2.26. The van der Waals surface area contributed by atoms with Gasteiger partial charge in [-0.1, -0.05) is 26.0 Å². The van der Waals surface area contributed by atoms with E-state index in [9.17, 15) is 0 Å². The van der Waals surface area contributed by atoms with Gasteiger partial charge >= 0.3 is 0 Å². The molecule has 0 bridgehead atoms. The molecule has 0 atom stereocenters. The van der Waals surface area contributed by atoms with Crippen LogP contribution in [0.15, 0.2) is 41.5 Å². The highest BCUT2D eigenvalue weighted by Crippen LogP contribution is 2.25. The van der Waals surface area contributed by atoms with Crippen molar-refractivity contribution in [1.29, 1.82) is 0 Å². The van der Waals surface area contributed by atoms with Crippen molar-refractivity contribution in [1.82, 2.24) is 9.88 Å². The van der Waals surface area contributed by atoms with Crippen LogP contribution in [0.5, 0.6) is 5.88 Å². The first-order valence-corrected chi connectivity index (χ1v) is 12.2. The summed E-state index contributed by atoms with van der Waals surface area (Å²) in [5.74, 6) is 7.09. The summed E-state index contributed by atoms with van der Waals surface area (Å²) >= 11 is 0. The Balaban J connectivity index is 1.72. The van der Waals surface area contributed by atoms with E-state index in [1.54, 1.807) is 11.2 Å². The average molecular weight is 470 g/mol. The number of anilines is 3. The number of hydrogen-bond donors (Lipinski definition) is 2. The number of nitrogens with zero attached hydrogens (tertiary/aromatic N) is 5. The molecule has 9 heteroatoms. The van der Waals surface area contributed by atoms with Gasteiger partial charge < -0.3 is 19.4 Å². The molecule has 34 heavy (non-hydrogen) atoms. The summed E-state index contributed by atoms with van der Waals surface area (Å²) in [6.45, 7) is 11.2. The second-order valence-corrected chi connectivity index (χ2v) is 8.41. The van der Waals surface area contributed by atoms with Crippen LogP contribution in [-0.4, -0.2) is 75.7 Å². The number of aromatic nitrogens is 1. The molecule has 2 heterocycles. The van der Waals surface area contributed by atoms with Crippen LogP contribution in [-0.2, 0) is 4.74 Å². The Morgan fingerprint density at radius 3 is 2.62 bits per heavy atom. The first-order valence-electron chi connectivity index (χ1n) is 12.2. The molecule has 0 saturated carbocycles. The van der Waals surface area contributed by atoms with Crippen molar-refractivity contribution in [3.05, 3.63) is 42.0 Å². The van der Waals surface area contributed by atoms with Gasteiger partial charge in [-0.15, -0.1) is 0 Å². The highest BCUT2D eigenvalue weighted by atomic mass is 16.5. The Hall–Kier alpha value is -2.88. The van der Waals surface area contributed by atoms with Gasteiger partial charge in [-0.25, -0.2) is 5.84 Å². The van der Waals surface area contributed by atoms with Gasteiger partial charge in [-0.3, -0.25) is 10.3 Å². The first kappa shape index (κ1) is 25.7. The Morgan fingerprint density at radius 1 is 1.15 bits per heavy atom. The summed E-state index contributed by atoms with van der Waals surface area (Å²) in [5.41, 5.74) is 6.02. The molecule has 1 fully saturated rings. The Kier molecular flexibility index (Phi) is 10.4. The van der Waals surface area contributed by atoms with E-state index in [-0.39, 0.29) is 0 Å². The van der Waals surface area contributed by atoms with E-state index < -0.39 is 0 Å². The molecule has 1 aromatic heterocycles.